The smallest absolute Gasteiger partial charge is 0.309 e. The molecule has 0 aliphatic heterocycles. The van der Waals surface area contributed by atoms with Crippen molar-refractivity contribution in [2.45, 2.75) is 13.0 Å². The van der Waals surface area contributed by atoms with E-state index in [9.17, 15) is 9.18 Å². The second-order valence-corrected chi connectivity index (χ2v) is 4.40. The third-order valence-electron chi connectivity index (χ3n) is 2.84. The molecule has 0 amide bonds. The van der Waals surface area contributed by atoms with Crippen LogP contribution in [0.25, 0.3) is 12.2 Å². The van der Waals surface area contributed by atoms with Gasteiger partial charge in [-0.1, -0.05) is 24.3 Å². The number of aryl methyl sites for hydroxylation is 1. The first-order valence-corrected chi connectivity index (χ1v) is 6.28. The van der Waals surface area contributed by atoms with Gasteiger partial charge in [-0.25, -0.2) is 8.96 Å². The SMILES string of the molecule is O=C(O)CC[n+]1ccc(/C=C\c2ccc(F)cc2)cc1. The van der Waals surface area contributed by atoms with E-state index in [-0.39, 0.29) is 12.2 Å². The molecular weight excluding hydrogens is 257 g/mol. The highest BCUT2D eigenvalue weighted by atomic mass is 19.1. The molecule has 20 heavy (non-hydrogen) atoms. The molecule has 102 valence electrons. The van der Waals surface area contributed by atoms with E-state index in [0.717, 1.165) is 11.1 Å². The second kappa shape index (κ2) is 6.61. The van der Waals surface area contributed by atoms with Crippen molar-refractivity contribution in [2.24, 2.45) is 0 Å². The summed E-state index contributed by atoms with van der Waals surface area (Å²) in [6.07, 6.45) is 7.61. The van der Waals surface area contributed by atoms with Crippen molar-refractivity contribution < 1.29 is 18.9 Å². The molecule has 2 aromatic rings. The van der Waals surface area contributed by atoms with Gasteiger partial charge in [0, 0.05) is 12.1 Å². The normalized spacial score (nSPS) is 10.8. The first-order valence-electron chi connectivity index (χ1n) is 6.28. The van der Waals surface area contributed by atoms with E-state index in [4.69, 9.17) is 5.11 Å². The van der Waals surface area contributed by atoms with Crippen LogP contribution >= 0.6 is 0 Å². The van der Waals surface area contributed by atoms with Crippen LogP contribution in [-0.4, -0.2) is 11.1 Å². The molecule has 0 spiro atoms. The number of carbonyl (C=O) groups is 1. The molecule has 3 nitrogen and oxygen atoms in total. The highest BCUT2D eigenvalue weighted by molar-refractivity contribution is 5.69. The molecule has 4 heteroatoms. The fourth-order valence-electron chi connectivity index (χ4n) is 1.72. The van der Waals surface area contributed by atoms with E-state index in [1.54, 1.807) is 12.1 Å². The lowest BCUT2D eigenvalue weighted by molar-refractivity contribution is -0.696. The second-order valence-electron chi connectivity index (χ2n) is 4.40. The van der Waals surface area contributed by atoms with E-state index in [1.165, 1.54) is 12.1 Å². The van der Waals surface area contributed by atoms with Crippen LogP contribution in [0.1, 0.15) is 17.5 Å². The van der Waals surface area contributed by atoms with Crippen molar-refractivity contribution in [3.8, 4) is 0 Å². The Morgan fingerprint density at radius 3 is 2.15 bits per heavy atom. The van der Waals surface area contributed by atoms with E-state index in [1.807, 2.05) is 41.2 Å². The zero-order valence-electron chi connectivity index (χ0n) is 10.9. The van der Waals surface area contributed by atoms with Gasteiger partial charge in [-0.2, -0.15) is 0 Å². The summed E-state index contributed by atoms with van der Waals surface area (Å²) in [5.41, 5.74) is 1.93. The van der Waals surface area contributed by atoms with E-state index < -0.39 is 5.97 Å². The molecule has 1 heterocycles. The summed E-state index contributed by atoms with van der Waals surface area (Å²) in [5, 5.41) is 8.61. The predicted molar refractivity (Wildman–Crippen MR) is 74.2 cm³/mol. The lowest BCUT2D eigenvalue weighted by atomic mass is 10.1. The number of aliphatic carboxylic acids is 1. The van der Waals surface area contributed by atoms with Crippen LogP contribution in [0.15, 0.2) is 48.8 Å². The molecule has 0 bridgehead atoms. The van der Waals surface area contributed by atoms with E-state index >= 15 is 0 Å². The van der Waals surface area contributed by atoms with Crippen molar-refractivity contribution in [3.63, 3.8) is 0 Å². The molecule has 0 saturated heterocycles. The van der Waals surface area contributed by atoms with Crippen molar-refractivity contribution in [1.82, 2.24) is 0 Å². The van der Waals surface area contributed by atoms with Gasteiger partial charge in [0.25, 0.3) is 0 Å². The van der Waals surface area contributed by atoms with Crippen molar-refractivity contribution in [1.29, 1.82) is 0 Å². The molecule has 0 fully saturated rings. The Labute approximate surface area is 116 Å². The number of rotatable bonds is 5. The molecule has 1 aromatic heterocycles. The maximum absolute atomic E-state index is 12.8. The van der Waals surface area contributed by atoms with Gasteiger partial charge in [0.1, 0.15) is 12.2 Å². The summed E-state index contributed by atoms with van der Waals surface area (Å²) >= 11 is 0. The van der Waals surface area contributed by atoms with Gasteiger partial charge in [0.15, 0.2) is 18.9 Å². The molecular formula is C16H15FNO2+. The molecule has 0 saturated carbocycles. The van der Waals surface area contributed by atoms with Gasteiger partial charge in [-0.05, 0) is 23.3 Å². The molecule has 0 radical (unpaired) electrons. The van der Waals surface area contributed by atoms with Crippen LogP contribution in [-0.2, 0) is 11.3 Å². The number of carboxylic acid groups (broad SMARTS) is 1. The highest BCUT2D eigenvalue weighted by Gasteiger charge is 2.03. The van der Waals surface area contributed by atoms with Crippen molar-refractivity contribution >= 4 is 18.1 Å². The summed E-state index contributed by atoms with van der Waals surface area (Å²) in [6, 6.07) is 10.1. The van der Waals surface area contributed by atoms with Crippen molar-refractivity contribution in [3.05, 3.63) is 65.7 Å². The van der Waals surface area contributed by atoms with E-state index in [0.29, 0.717) is 6.54 Å². The maximum Gasteiger partial charge on any atom is 0.309 e. The highest BCUT2D eigenvalue weighted by Crippen LogP contribution is 2.08. The zero-order chi connectivity index (χ0) is 14.4. The summed E-state index contributed by atoms with van der Waals surface area (Å²) in [4.78, 5) is 10.5. The molecule has 1 N–H and O–H groups in total. The minimum atomic E-state index is -0.808. The maximum atomic E-state index is 12.8. The number of nitrogens with zero attached hydrogens (tertiary/aromatic N) is 1. The fraction of sp³-hybridized carbons (Fsp3) is 0.125. The summed E-state index contributed by atoms with van der Waals surface area (Å²) < 4.78 is 14.6. The first-order chi connectivity index (χ1) is 9.63. The topological polar surface area (TPSA) is 41.2 Å². The van der Waals surface area contributed by atoms with Gasteiger partial charge in [-0.15, -0.1) is 0 Å². The number of carboxylic acids is 1. The van der Waals surface area contributed by atoms with E-state index in [2.05, 4.69) is 0 Å². The molecule has 0 atom stereocenters. The Hall–Kier alpha value is -2.49. The molecule has 1 aromatic carbocycles. The van der Waals surface area contributed by atoms with Crippen LogP contribution in [0.4, 0.5) is 4.39 Å². The summed E-state index contributed by atoms with van der Waals surface area (Å²) in [7, 11) is 0. The molecule has 0 aliphatic carbocycles. The first kappa shape index (κ1) is 13.9. The molecule has 0 unspecified atom stereocenters. The van der Waals surface area contributed by atoms with Crippen molar-refractivity contribution in [2.75, 3.05) is 0 Å². The number of hydrogen-bond donors (Lipinski definition) is 1. The molecule has 0 aliphatic rings. The van der Waals surface area contributed by atoms with Crippen LogP contribution in [0.2, 0.25) is 0 Å². The Balaban J connectivity index is 1.99. The third kappa shape index (κ3) is 4.31. The van der Waals surface area contributed by atoms with Gasteiger partial charge in [0.05, 0.1) is 0 Å². The minimum absolute atomic E-state index is 0.107. The quantitative estimate of drug-likeness (QED) is 0.850. The van der Waals surface area contributed by atoms with Gasteiger partial charge in [0.2, 0.25) is 0 Å². The number of aromatic nitrogens is 1. The Bertz CT molecular complexity index is 603. The van der Waals surface area contributed by atoms with Gasteiger partial charge < -0.3 is 5.11 Å². The largest absolute Gasteiger partial charge is 0.481 e. The predicted octanol–water partition coefficient (Wildman–Crippen LogP) is 2.76. The standard InChI is InChI=1S/C16H14FNO2/c17-15-5-3-13(4-6-15)1-2-14-7-10-18(11-8-14)12-9-16(19)20/h1-8,10-11H,9,12H2/p+1/b2-1-. The third-order valence-corrected chi connectivity index (χ3v) is 2.84. The van der Waals surface area contributed by atoms with Crippen LogP contribution in [0.5, 0.6) is 0 Å². The number of benzene rings is 1. The number of halogens is 1. The van der Waals surface area contributed by atoms with Crippen LogP contribution in [0, 0.1) is 5.82 Å². The number of pyridine rings is 1. The Morgan fingerprint density at radius 1 is 1.05 bits per heavy atom. The minimum Gasteiger partial charge on any atom is -0.481 e. The zero-order valence-corrected chi connectivity index (χ0v) is 10.9. The summed E-state index contributed by atoms with van der Waals surface area (Å²) in [6.45, 7) is 0.456. The lowest BCUT2D eigenvalue weighted by Crippen LogP contribution is -2.33. The summed E-state index contributed by atoms with van der Waals surface area (Å²) in [5.74, 6) is -1.06. The van der Waals surface area contributed by atoms with Gasteiger partial charge >= 0.3 is 5.97 Å². The van der Waals surface area contributed by atoms with Crippen LogP contribution < -0.4 is 4.57 Å². The average molecular weight is 272 g/mol. The van der Waals surface area contributed by atoms with Crippen LogP contribution in [0.3, 0.4) is 0 Å². The molecule has 2 rings (SSSR count). The Kier molecular flexibility index (Phi) is 4.60. The fourth-order valence-corrected chi connectivity index (χ4v) is 1.72. The monoisotopic (exact) mass is 272 g/mol. The Morgan fingerprint density at radius 2 is 1.60 bits per heavy atom. The average Bonchev–Trinajstić information content (AvgIpc) is 2.45. The van der Waals surface area contributed by atoms with Gasteiger partial charge in [-0.3, -0.25) is 4.79 Å². The number of hydrogen-bond acceptors (Lipinski definition) is 1. The lowest BCUT2D eigenvalue weighted by Gasteiger charge is -1.96.